The molecule has 0 spiro atoms. The topological polar surface area (TPSA) is 40.5 Å². The quantitative estimate of drug-likeness (QED) is 0.504. The number of phenolic OH excluding ortho intramolecular Hbond substituents is 2. The summed E-state index contributed by atoms with van der Waals surface area (Å²) in [7, 11) is 0. The number of benzene rings is 1. The molecule has 3 atom stereocenters. The standard InChI is InChI=1S/C21H32O2/c1-5-6-7-8-16-12-19(22)21(20(23)13-16)18-11-15(4)9-10-17(18)14(2)3/h12-13,15,17-18,22-23H,2,5-11H2,1,3-4H3/t15-,17-,18+/m0/s1. The summed E-state index contributed by atoms with van der Waals surface area (Å²) >= 11 is 0. The molecule has 0 aliphatic heterocycles. The Hall–Kier alpha value is -1.44. The second-order valence-corrected chi connectivity index (χ2v) is 7.48. The molecule has 2 N–H and O–H groups in total. The van der Waals surface area contributed by atoms with Gasteiger partial charge in [-0.15, -0.1) is 0 Å². The summed E-state index contributed by atoms with van der Waals surface area (Å²) in [6.07, 6.45) is 7.68. The third kappa shape index (κ3) is 4.31. The van der Waals surface area contributed by atoms with Gasteiger partial charge in [0.15, 0.2) is 0 Å². The SMILES string of the molecule is C=C(C)[C@@H]1CC[C@H](C)C[C@H]1c1c(O)cc(CCCCC)cc1O. The largest absolute Gasteiger partial charge is 0.508 e. The Kier molecular flexibility index (Phi) is 6.15. The number of phenols is 2. The highest BCUT2D eigenvalue weighted by Gasteiger charge is 2.33. The highest BCUT2D eigenvalue weighted by Crippen LogP contribution is 2.49. The molecule has 2 nitrogen and oxygen atoms in total. The number of aryl methyl sites for hydroxylation is 1. The van der Waals surface area contributed by atoms with Crippen molar-refractivity contribution in [3.63, 3.8) is 0 Å². The number of allylic oxidation sites excluding steroid dienone is 1. The van der Waals surface area contributed by atoms with Crippen LogP contribution in [-0.2, 0) is 6.42 Å². The van der Waals surface area contributed by atoms with Gasteiger partial charge in [0.2, 0.25) is 0 Å². The third-order valence-corrected chi connectivity index (χ3v) is 5.38. The van der Waals surface area contributed by atoms with Crippen molar-refractivity contribution < 1.29 is 10.2 Å². The summed E-state index contributed by atoms with van der Waals surface area (Å²) < 4.78 is 0. The maximum atomic E-state index is 10.6. The Labute approximate surface area is 141 Å². The number of hydrogen-bond acceptors (Lipinski definition) is 2. The Morgan fingerprint density at radius 3 is 2.39 bits per heavy atom. The molecule has 0 amide bonds. The zero-order valence-electron chi connectivity index (χ0n) is 14.9. The average Bonchev–Trinajstić information content (AvgIpc) is 2.46. The molecule has 1 aliphatic rings. The molecule has 1 aliphatic carbocycles. The van der Waals surface area contributed by atoms with Crippen molar-refractivity contribution in [2.75, 3.05) is 0 Å². The normalized spacial score (nSPS) is 24.6. The van der Waals surface area contributed by atoms with Crippen LogP contribution >= 0.6 is 0 Å². The summed E-state index contributed by atoms with van der Waals surface area (Å²) in [5.74, 6) is 1.69. The van der Waals surface area contributed by atoms with Gasteiger partial charge in [0.1, 0.15) is 11.5 Å². The molecule has 128 valence electrons. The molecule has 0 bridgehead atoms. The molecule has 1 aromatic rings. The summed E-state index contributed by atoms with van der Waals surface area (Å²) in [6, 6.07) is 3.72. The van der Waals surface area contributed by atoms with E-state index in [4.69, 9.17) is 0 Å². The first-order valence-electron chi connectivity index (χ1n) is 9.14. The number of rotatable bonds is 6. The molecule has 0 unspecified atom stereocenters. The minimum atomic E-state index is 0.181. The van der Waals surface area contributed by atoms with E-state index < -0.39 is 0 Å². The lowest BCUT2D eigenvalue weighted by Gasteiger charge is -2.36. The van der Waals surface area contributed by atoms with Crippen molar-refractivity contribution in [3.05, 3.63) is 35.4 Å². The van der Waals surface area contributed by atoms with E-state index in [1.165, 1.54) is 19.3 Å². The molecular formula is C21H32O2. The second kappa shape index (κ2) is 7.90. The lowest BCUT2D eigenvalue weighted by Crippen LogP contribution is -2.23. The summed E-state index contributed by atoms with van der Waals surface area (Å²) in [4.78, 5) is 0. The maximum Gasteiger partial charge on any atom is 0.123 e. The van der Waals surface area contributed by atoms with Crippen LogP contribution in [0.3, 0.4) is 0 Å². The average molecular weight is 316 g/mol. The van der Waals surface area contributed by atoms with Crippen LogP contribution in [0.25, 0.3) is 0 Å². The third-order valence-electron chi connectivity index (χ3n) is 5.38. The first-order chi connectivity index (χ1) is 10.9. The van der Waals surface area contributed by atoms with E-state index in [1.54, 1.807) is 0 Å². The smallest absolute Gasteiger partial charge is 0.123 e. The predicted molar refractivity (Wildman–Crippen MR) is 97.1 cm³/mol. The van der Waals surface area contributed by atoms with E-state index >= 15 is 0 Å². The van der Waals surface area contributed by atoms with Gasteiger partial charge in [-0.2, -0.15) is 0 Å². The molecule has 1 fully saturated rings. The van der Waals surface area contributed by atoms with Gasteiger partial charge < -0.3 is 10.2 Å². The van der Waals surface area contributed by atoms with Crippen LogP contribution in [0.1, 0.15) is 76.3 Å². The fourth-order valence-corrected chi connectivity index (χ4v) is 4.07. The summed E-state index contributed by atoms with van der Waals surface area (Å²) in [6.45, 7) is 10.7. The van der Waals surface area contributed by atoms with Crippen molar-refractivity contribution in [1.29, 1.82) is 0 Å². The molecule has 1 saturated carbocycles. The van der Waals surface area contributed by atoms with Crippen LogP contribution in [0.5, 0.6) is 11.5 Å². The summed E-state index contributed by atoms with van der Waals surface area (Å²) in [5.41, 5.74) is 2.93. The minimum absolute atomic E-state index is 0.181. The lowest BCUT2D eigenvalue weighted by atomic mass is 9.69. The Bertz CT molecular complexity index is 524. The van der Waals surface area contributed by atoms with Gasteiger partial charge in [-0.25, -0.2) is 0 Å². The lowest BCUT2D eigenvalue weighted by molar-refractivity contribution is 0.267. The van der Waals surface area contributed by atoms with Crippen LogP contribution < -0.4 is 0 Å². The molecule has 23 heavy (non-hydrogen) atoms. The Morgan fingerprint density at radius 1 is 1.17 bits per heavy atom. The van der Waals surface area contributed by atoms with Gasteiger partial charge in [0.25, 0.3) is 0 Å². The van der Waals surface area contributed by atoms with Crippen LogP contribution in [0.2, 0.25) is 0 Å². The van der Waals surface area contributed by atoms with Crippen LogP contribution in [0.4, 0.5) is 0 Å². The Balaban J connectivity index is 2.28. The van der Waals surface area contributed by atoms with Crippen LogP contribution in [0, 0.1) is 11.8 Å². The molecule has 1 aromatic carbocycles. The monoisotopic (exact) mass is 316 g/mol. The van der Waals surface area contributed by atoms with Gasteiger partial charge in [0, 0.05) is 5.56 Å². The molecular weight excluding hydrogens is 284 g/mol. The molecule has 0 saturated heterocycles. The first kappa shape index (κ1) is 17.9. The van der Waals surface area contributed by atoms with E-state index in [9.17, 15) is 10.2 Å². The fraction of sp³-hybridized carbons (Fsp3) is 0.619. The van der Waals surface area contributed by atoms with E-state index in [-0.39, 0.29) is 17.4 Å². The number of hydrogen-bond donors (Lipinski definition) is 2. The molecule has 0 heterocycles. The first-order valence-corrected chi connectivity index (χ1v) is 9.14. The Morgan fingerprint density at radius 2 is 1.83 bits per heavy atom. The van der Waals surface area contributed by atoms with E-state index in [1.807, 2.05) is 12.1 Å². The zero-order chi connectivity index (χ0) is 17.0. The molecule has 2 heteroatoms. The van der Waals surface area contributed by atoms with Crippen molar-refractivity contribution in [3.8, 4) is 11.5 Å². The van der Waals surface area contributed by atoms with Gasteiger partial charge in [0.05, 0.1) is 0 Å². The minimum Gasteiger partial charge on any atom is -0.508 e. The predicted octanol–water partition coefficient (Wildman–Crippen LogP) is 5.93. The van der Waals surface area contributed by atoms with Crippen molar-refractivity contribution in [2.24, 2.45) is 11.8 Å². The van der Waals surface area contributed by atoms with E-state index in [2.05, 4.69) is 27.4 Å². The zero-order valence-corrected chi connectivity index (χ0v) is 14.9. The van der Waals surface area contributed by atoms with Crippen molar-refractivity contribution in [2.45, 2.75) is 71.6 Å². The second-order valence-electron chi connectivity index (χ2n) is 7.48. The highest BCUT2D eigenvalue weighted by atomic mass is 16.3. The van der Waals surface area contributed by atoms with Crippen LogP contribution in [-0.4, -0.2) is 10.2 Å². The van der Waals surface area contributed by atoms with Gasteiger partial charge in [-0.1, -0.05) is 45.3 Å². The number of aromatic hydroxyl groups is 2. The van der Waals surface area contributed by atoms with E-state index in [0.717, 1.165) is 42.4 Å². The van der Waals surface area contributed by atoms with E-state index in [0.29, 0.717) is 11.8 Å². The maximum absolute atomic E-state index is 10.6. The van der Waals surface area contributed by atoms with Crippen LogP contribution in [0.15, 0.2) is 24.3 Å². The molecule has 0 radical (unpaired) electrons. The molecule has 2 rings (SSSR count). The van der Waals surface area contributed by atoms with Gasteiger partial charge >= 0.3 is 0 Å². The van der Waals surface area contributed by atoms with Crippen molar-refractivity contribution >= 4 is 0 Å². The molecule has 0 aromatic heterocycles. The van der Waals surface area contributed by atoms with Crippen molar-refractivity contribution in [1.82, 2.24) is 0 Å². The highest BCUT2D eigenvalue weighted by molar-refractivity contribution is 5.49. The van der Waals surface area contributed by atoms with Gasteiger partial charge in [-0.05, 0) is 68.1 Å². The van der Waals surface area contributed by atoms with Gasteiger partial charge in [-0.3, -0.25) is 0 Å². The summed E-state index contributed by atoms with van der Waals surface area (Å²) in [5, 5.41) is 21.2. The fourth-order valence-electron chi connectivity index (χ4n) is 4.07. The number of unbranched alkanes of at least 4 members (excludes halogenated alkanes) is 2.